The van der Waals surface area contributed by atoms with Crippen molar-refractivity contribution in [3.63, 3.8) is 0 Å². The Morgan fingerprint density at radius 2 is 2.00 bits per heavy atom. The second-order valence-corrected chi connectivity index (χ2v) is 7.41. The number of halogens is 1. The summed E-state index contributed by atoms with van der Waals surface area (Å²) in [5, 5.41) is 0.879. The average Bonchev–Trinajstić information content (AvgIpc) is 2.86. The van der Waals surface area contributed by atoms with E-state index in [0.717, 1.165) is 11.8 Å². The predicted octanol–water partition coefficient (Wildman–Crippen LogP) is 5.13. The Morgan fingerprint density at radius 1 is 1.33 bits per heavy atom. The molecule has 1 aliphatic rings. The fourth-order valence-electron chi connectivity index (χ4n) is 3.84. The van der Waals surface area contributed by atoms with Gasteiger partial charge in [-0.3, -0.25) is 4.79 Å². The van der Waals surface area contributed by atoms with E-state index in [9.17, 15) is 4.79 Å². The molecule has 3 heteroatoms. The number of hydrogen-bond acceptors (Lipinski definition) is 2. The highest BCUT2D eigenvalue weighted by molar-refractivity contribution is 9.08. The third-order valence-electron chi connectivity index (χ3n) is 4.44. The van der Waals surface area contributed by atoms with Crippen LogP contribution in [0.3, 0.4) is 0 Å². The molecule has 0 bridgehead atoms. The first kappa shape index (κ1) is 16.5. The molecule has 0 radical (unpaired) electrons. The molecule has 1 aliphatic carbocycles. The van der Waals surface area contributed by atoms with Gasteiger partial charge in [0.15, 0.2) is 0 Å². The van der Waals surface area contributed by atoms with Gasteiger partial charge in [0.1, 0.15) is 5.60 Å². The lowest BCUT2D eigenvalue weighted by Crippen LogP contribution is -2.37. The summed E-state index contributed by atoms with van der Waals surface area (Å²) in [6.07, 6.45) is 5.78. The zero-order valence-corrected chi connectivity index (χ0v) is 14.8. The first-order valence-electron chi connectivity index (χ1n) is 7.72. The molecule has 116 valence electrons. The van der Waals surface area contributed by atoms with Crippen LogP contribution in [0.25, 0.3) is 0 Å². The monoisotopic (exact) mass is 352 g/mol. The molecule has 1 saturated carbocycles. The van der Waals surface area contributed by atoms with Crippen molar-refractivity contribution >= 4 is 21.9 Å². The van der Waals surface area contributed by atoms with Gasteiger partial charge in [-0.1, -0.05) is 53.0 Å². The van der Waals surface area contributed by atoms with Crippen molar-refractivity contribution in [2.45, 2.75) is 69.2 Å². The number of carbonyl (C=O) groups excluding carboxylic acids is 1. The van der Waals surface area contributed by atoms with Crippen LogP contribution in [0.4, 0.5) is 0 Å². The zero-order valence-electron chi connectivity index (χ0n) is 13.2. The van der Waals surface area contributed by atoms with Crippen molar-refractivity contribution in [3.8, 4) is 0 Å². The van der Waals surface area contributed by atoms with Crippen LogP contribution in [0.1, 0.15) is 64.0 Å². The van der Waals surface area contributed by atoms with Gasteiger partial charge in [0.2, 0.25) is 0 Å². The van der Waals surface area contributed by atoms with Gasteiger partial charge in [-0.15, -0.1) is 0 Å². The Labute approximate surface area is 136 Å². The molecular formula is C18H25BrO2. The van der Waals surface area contributed by atoms with E-state index >= 15 is 0 Å². The lowest BCUT2D eigenvalue weighted by Gasteiger charge is -2.37. The number of hydrogen-bond donors (Lipinski definition) is 0. The minimum Gasteiger partial charge on any atom is -0.460 e. The zero-order chi connectivity index (χ0) is 15.5. The summed E-state index contributed by atoms with van der Waals surface area (Å²) in [7, 11) is 0. The highest BCUT2D eigenvalue weighted by Crippen LogP contribution is 2.47. The maximum absolute atomic E-state index is 11.3. The molecule has 0 amide bonds. The molecule has 0 heterocycles. The number of esters is 1. The van der Waals surface area contributed by atoms with Crippen LogP contribution in [0.15, 0.2) is 24.3 Å². The summed E-state index contributed by atoms with van der Waals surface area (Å²) >= 11 is 3.54. The first-order valence-corrected chi connectivity index (χ1v) is 8.84. The Hall–Kier alpha value is -0.830. The van der Waals surface area contributed by atoms with Gasteiger partial charge >= 0.3 is 5.97 Å². The molecule has 0 N–H and O–H groups in total. The lowest BCUT2D eigenvalue weighted by atomic mass is 9.71. The molecule has 0 atom stereocenters. The quantitative estimate of drug-likeness (QED) is 0.542. The largest absolute Gasteiger partial charge is 0.460 e. The molecule has 1 aromatic carbocycles. The second kappa shape index (κ2) is 6.51. The normalized spacial score (nSPS) is 17.7. The third-order valence-corrected chi connectivity index (χ3v) is 5.09. The molecule has 0 saturated heterocycles. The summed E-state index contributed by atoms with van der Waals surface area (Å²) in [6.45, 7) is 5.56. The van der Waals surface area contributed by atoms with Crippen LogP contribution in [0.5, 0.6) is 0 Å². The van der Waals surface area contributed by atoms with E-state index in [1.54, 1.807) is 0 Å². The first-order chi connectivity index (χ1) is 9.87. The molecule has 21 heavy (non-hydrogen) atoms. The second-order valence-electron chi connectivity index (χ2n) is 6.85. The van der Waals surface area contributed by atoms with Gasteiger partial charge in [-0.05, 0) is 49.7 Å². The van der Waals surface area contributed by atoms with Gasteiger partial charge in [0.05, 0.1) is 0 Å². The van der Waals surface area contributed by atoms with E-state index < -0.39 is 5.60 Å². The molecule has 1 aromatic rings. The van der Waals surface area contributed by atoms with E-state index in [-0.39, 0.29) is 11.4 Å². The van der Waals surface area contributed by atoms with Crippen LogP contribution in [-0.2, 0) is 20.3 Å². The smallest absolute Gasteiger partial charge is 0.303 e. The standard InChI is InChI=1S/C18H25BrO2/c1-14(20)21-17(2,3)13-18(9-4-5-10-18)16-8-6-7-15(11-16)12-19/h6-8,11H,4-5,9-10,12-13H2,1-3H3. The number of ether oxygens (including phenoxy) is 1. The average molecular weight is 353 g/mol. The van der Waals surface area contributed by atoms with Crippen molar-refractivity contribution in [3.05, 3.63) is 35.4 Å². The summed E-state index contributed by atoms with van der Waals surface area (Å²) in [5.41, 5.74) is 2.44. The molecular weight excluding hydrogens is 328 g/mol. The molecule has 2 nitrogen and oxygen atoms in total. The molecule has 0 spiro atoms. The summed E-state index contributed by atoms with van der Waals surface area (Å²) in [4.78, 5) is 11.3. The van der Waals surface area contributed by atoms with Crippen LogP contribution < -0.4 is 0 Å². The SMILES string of the molecule is CC(=O)OC(C)(C)CC1(c2cccc(CBr)c2)CCCC1. The number of benzene rings is 1. The lowest BCUT2D eigenvalue weighted by molar-refractivity contribution is -0.155. The third kappa shape index (κ3) is 4.09. The van der Waals surface area contributed by atoms with Gasteiger partial charge in [-0.25, -0.2) is 0 Å². The number of rotatable bonds is 5. The minimum absolute atomic E-state index is 0.150. The predicted molar refractivity (Wildman–Crippen MR) is 89.7 cm³/mol. The van der Waals surface area contributed by atoms with E-state index in [0.29, 0.717) is 0 Å². The highest BCUT2D eigenvalue weighted by Gasteiger charge is 2.41. The molecule has 1 fully saturated rings. The van der Waals surface area contributed by atoms with Crippen molar-refractivity contribution in [2.24, 2.45) is 0 Å². The van der Waals surface area contributed by atoms with E-state index in [4.69, 9.17) is 4.74 Å². The van der Waals surface area contributed by atoms with E-state index in [2.05, 4.69) is 40.2 Å². The van der Waals surface area contributed by atoms with Crippen molar-refractivity contribution in [1.29, 1.82) is 0 Å². The Kier molecular flexibility index (Phi) is 5.13. The van der Waals surface area contributed by atoms with Crippen LogP contribution in [0.2, 0.25) is 0 Å². The summed E-state index contributed by atoms with van der Waals surface area (Å²) in [6, 6.07) is 8.84. The van der Waals surface area contributed by atoms with E-state index in [1.165, 1.54) is 43.7 Å². The van der Waals surface area contributed by atoms with Crippen LogP contribution in [0, 0.1) is 0 Å². The van der Waals surface area contributed by atoms with Crippen LogP contribution in [-0.4, -0.2) is 11.6 Å². The van der Waals surface area contributed by atoms with Crippen molar-refractivity contribution in [1.82, 2.24) is 0 Å². The van der Waals surface area contributed by atoms with Gasteiger partial charge in [0.25, 0.3) is 0 Å². The maximum atomic E-state index is 11.3. The van der Waals surface area contributed by atoms with Gasteiger partial charge in [-0.2, -0.15) is 0 Å². The Morgan fingerprint density at radius 3 is 2.57 bits per heavy atom. The molecule has 0 aromatic heterocycles. The molecule has 0 aliphatic heterocycles. The molecule has 2 rings (SSSR count). The fraction of sp³-hybridized carbons (Fsp3) is 0.611. The highest BCUT2D eigenvalue weighted by atomic mass is 79.9. The number of alkyl halides is 1. The summed E-state index contributed by atoms with van der Waals surface area (Å²) < 4.78 is 5.55. The van der Waals surface area contributed by atoms with Gasteiger partial charge < -0.3 is 4.74 Å². The fourth-order valence-corrected chi connectivity index (χ4v) is 4.19. The Balaban J connectivity index is 2.30. The van der Waals surface area contributed by atoms with Gasteiger partial charge in [0, 0.05) is 12.3 Å². The van der Waals surface area contributed by atoms with Crippen molar-refractivity contribution in [2.75, 3.05) is 0 Å². The minimum atomic E-state index is -0.416. The topological polar surface area (TPSA) is 26.3 Å². The molecule has 0 unspecified atom stereocenters. The maximum Gasteiger partial charge on any atom is 0.303 e. The van der Waals surface area contributed by atoms with Crippen molar-refractivity contribution < 1.29 is 9.53 Å². The van der Waals surface area contributed by atoms with E-state index in [1.807, 2.05) is 13.8 Å². The number of carbonyl (C=O) groups is 1. The van der Waals surface area contributed by atoms with Crippen LogP contribution >= 0.6 is 15.9 Å². The summed E-state index contributed by atoms with van der Waals surface area (Å²) in [5.74, 6) is -0.192. The Bertz CT molecular complexity index is 502.